The van der Waals surface area contributed by atoms with Crippen molar-refractivity contribution < 1.29 is 4.74 Å². The van der Waals surface area contributed by atoms with Crippen LogP contribution < -0.4 is 10.1 Å². The molecule has 21 heavy (non-hydrogen) atoms. The van der Waals surface area contributed by atoms with Gasteiger partial charge in [-0.3, -0.25) is 4.68 Å². The van der Waals surface area contributed by atoms with Gasteiger partial charge in [0, 0.05) is 19.5 Å². The van der Waals surface area contributed by atoms with Crippen LogP contribution in [-0.4, -0.2) is 30.0 Å². The van der Waals surface area contributed by atoms with Gasteiger partial charge in [-0.1, -0.05) is 18.2 Å². The summed E-state index contributed by atoms with van der Waals surface area (Å²) in [6.07, 6.45) is 1.82. The highest BCUT2D eigenvalue weighted by molar-refractivity contribution is 9.10. The molecule has 1 aromatic carbocycles. The van der Waals surface area contributed by atoms with Crippen molar-refractivity contribution in [1.29, 1.82) is 0 Å². The second-order valence-corrected chi connectivity index (χ2v) is 5.97. The topological polar surface area (TPSA) is 39.1 Å². The Balaban J connectivity index is 2.17. The lowest BCUT2D eigenvalue weighted by Crippen LogP contribution is -2.31. The Morgan fingerprint density at radius 1 is 1.33 bits per heavy atom. The van der Waals surface area contributed by atoms with Crippen LogP contribution in [0.5, 0.6) is 5.75 Å². The largest absolute Gasteiger partial charge is 0.496 e. The van der Waals surface area contributed by atoms with E-state index in [1.54, 1.807) is 7.11 Å². The lowest BCUT2D eigenvalue weighted by molar-refractivity contribution is 0.405. The van der Waals surface area contributed by atoms with E-state index < -0.39 is 0 Å². The summed E-state index contributed by atoms with van der Waals surface area (Å²) in [5, 5.41) is 7.85. The van der Waals surface area contributed by atoms with Crippen LogP contribution in [0.2, 0.25) is 0 Å². The van der Waals surface area contributed by atoms with Crippen molar-refractivity contribution in [3.05, 3.63) is 45.7 Å². The first-order valence-electron chi connectivity index (χ1n) is 7.04. The van der Waals surface area contributed by atoms with Gasteiger partial charge in [0.2, 0.25) is 0 Å². The predicted octanol–water partition coefficient (Wildman–Crippen LogP) is 2.87. The third-order valence-corrected chi connectivity index (χ3v) is 4.80. The van der Waals surface area contributed by atoms with E-state index in [-0.39, 0.29) is 0 Å². The maximum absolute atomic E-state index is 5.44. The van der Waals surface area contributed by atoms with Gasteiger partial charge in [0.25, 0.3) is 0 Å². The van der Waals surface area contributed by atoms with Crippen molar-refractivity contribution in [2.75, 3.05) is 14.2 Å². The van der Waals surface area contributed by atoms with Gasteiger partial charge in [0.05, 0.1) is 23.0 Å². The average Bonchev–Trinajstić information content (AvgIpc) is 2.73. The van der Waals surface area contributed by atoms with Crippen molar-refractivity contribution in [2.24, 2.45) is 7.05 Å². The van der Waals surface area contributed by atoms with Gasteiger partial charge in [-0.25, -0.2) is 0 Å². The van der Waals surface area contributed by atoms with Crippen LogP contribution in [0.15, 0.2) is 28.7 Å². The van der Waals surface area contributed by atoms with Gasteiger partial charge in [-0.05, 0) is 48.0 Å². The molecule has 1 atom stereocenters. The van der Waals surface area contributed by atoms with Gasteiger partial charge < -0.3 is 10.1 Å². The van der Waals surface area contributed by atoms with E-state index >= 15 is 0 Å². The summed E-state index contributed by atoms with van der Waals surface area (Å²) in [6.45, 7) is 2.02. The molecule has 1 N–H and O–H groups in total. The molecule has 0 fully saturated rings. The molecule has 0 bridgehead atoms. The molecule has 0 spiro atoms. The third-order valence-electron chi connectivity index (χ3n) is 3.77. The predicted molar refractivity (Wildman–Crippen MR) is 88.9 cm³/mol. The first-order valence-corrected chi connectivity index (χ1v) is 7.83. The number of halogens is 1. The molecule has 2 rings (SSSR count). The Morgan fingerprint density at radius 2 is 2.05 bits per heavy atom. The Morgan fingerprint density at radius 3 is 2.62 bits per heavy atom. The zero-order chi connectivity index (χ0) is 15.4. The second kappa shape index (κ2) is 7.09. The summed E-state index contributed by atoms with van der Waals surface area (Å²) in [5.74, 6) is 0.943. The quantitative estimate of drug-likeness (QED) is 0.869. The monoisotopic (exact) mass is 351 g/mol. The number of ether oxygens (including phenoxy) is 1. The molecule has 1 unspecified atom stereocenters. The van der Waals surface area contributed by atoms with Gasteiger partial charge in [-0.15, -0.1) is 0 Å². The van der Waals surface area contributed by atoms with Crippen LogP contribution in [0, 0.1) is 6.92 Å². The molecule has 5 heteroatoms. The number of likely N-dealkylation sites (N-methyl/N-ethyl adjacent to an activating group) is 1. The van der Waals surface area contributed by atoms with Crippen LogP contribution in [-0.2, 0) is 19.9 Å². The fourth-order valence-corrected chi connectivity index (χ4v) is 3.05. The Labute approximate surface area is 134 Å². The van der Waals surface area contributed by atoms with Crippen LogP contribution in [0.3, 0.4) is 0 Å². The van der Waals surface area contributed by atoms with E-state index in [0.717, 1.165) is 28.8 Å². The lowest BCUT2D eigenvalue weighted by atomic mass is 10.0. The summed E-state index contributed by atoms with van der Waals surface area (Å²) in [5.41, 5.74) is 3.45. The van der Waals surface area contributed by atoms with Crippen LogP contribution in [0.1, 0.15) is 17.0 Å². The Bertz CT molecular complexity index is 610. The SMILES string of the molecule is CNC(Cc1ccccc1OC)Cc1c(Br)c(C)nn1C. The molecule has 4 nitrogen and oxygen atoms in total. The molecule has 114 valence electrons. The number of methoxy groups -OCH3 is 1. The van der Waals surface area contributed by atoms with Crippen molar-refractivity contribution >= 4 is 15.9 Å². The smallest absolute Gasteiger partial charge is 0.122 e. The first-order chi connectivity index (χ1) is 10.1. The molecular weight excluding hydrogens is 330 g/mol. The van der Waals surface area contributed by atoms with Crippen LogP contribution in [0.4, 0.5) is 0 Å². The van der Waals surface area contributed by atoms with Crippen molar-refractivity contribution in [1.82, 2.24) is 15.1 Å². The van der Waals surface area contributed by atoms with E-state index in [0.29, 0.717) is 6.04 Å². The molecule has 1 aromatic heterocycles. The number of hydrogen-bond acceptors (Lipinski definition) is 3. The van der Waals surface area contributed by atoms with E-state index in [4.69, 9.17) is 4.74 Å². The van der Waals surface area contributed by atoms with Gasteiger partial charge in [0.15, 0.2) is 0 Å². The van der Waals surface area contributed by atoms with Gasteiger partial charge in [0.1, 0.15) is 5.75 Å². The Hall–Kier alpha value is -1.33. The molecule has 0 aliphatic carbocycles. The van der Waals surface area contributed by atoms with E-state index in [9.17, 15) is 0 Å². The summed E-state index contributed by atoms with van der Waals surface area (Å²) in [4.78, 5) is 0. The minimum absolute atomic E-state index is 0.326. The minimum Gasteiger partial charge on any atom is -0.496 e. The van der Waals surface area contributed by atoms with E-state index in [2.05, 4.69) is 38.5 Å². The maximum atomic E-state index is 5.44. The number of aromatic nitrogens is 2. The number of benzene rings is 1. The van der Waals surface area contributed by atoms with Gasteiger partial charge in [-0.2, -0.15) is 5.10 Å². The van der Waals surface area contributed by atoms with E-state index in [1.165, 1.54) is 11.3 Å². The number of para-hydroxylation sites is 1. The highest BCUT2D eigenvalue weighted by Crippen LogP contribution is 2.24. The summed E-state index contributed by atoms with van der Waals surface area (Å²) in [7, 11) is 5.70. The molecule has 1 heterocycles. The molecule has 0 amide bonds. The summed E-state index contributed by atoms with van der Waals surface area (Å²) < 4.78 is 8.49. The molecule has 0 saturated carbocycles. The first kappa shape index (κ1) is 16.0. The molecule has 0 saturated heterocycles. The Kier molecular flexibility index (Phi) is 5.42. The van der Waals surface area contributed by atoms with Crippen LogP contribution in [0.25, 0.3) is 0 Å². The second-order valence-electron chi connectivity index (χ2n) is 5.18. The fourth-order valence-electron chi connectivity index (χ4n) is 2.55. The third kappa shape index (κ3) is 3.66. The number of rotatable bonds is 6. The highest BCUT2D eigenvalue weighted by atomic mass is 79.9. The molecule has 0 radical (unpaired) electrons. The molecule has 0 aliphatic rings. The summed E-state index contributed by atoms with van der Waals surface area (Å²) in [6, 6.07) is 8.50. The lowest BCUT2D eigenvalue weighted by Gasteiger charge is -2.18. The van der Waals surface area contributed by atoms with Gasteiger partial charge >= 0.3 is 0 Å². The van der Waals surface area contributed by atoms with Crippen LogP contribution >= 0.6 is 15.9 Å². The molecule has 0 aliphatic heterocycles. The maximum Gasteiger partial charge on any atom is 0.122 e. The normalized spacial score (nSPS) is 12.4. The molecular formula is C16H22BrN3O. The molecule has 2 aromatic rings. The minimum atomic E-state index is 0.326. The summed E-state index contributed by atoms with van der Waals surface area (Å²) >= 11 is 3.64. The van der Waals surface area contributed by atoms with Crippen molar-refractivity contribution in [2.45, 2.75) is 25.8 Å². The van der Waals surface area contributed by atoms with Crippen molar-refractivity contribution in [3.8, 4) is 5.75 Å². The zero-order valence-corrected chi connectivity index (χ0v) is 14.6. The number of nitrogens with one attached hydrogen (secondary N) is 1. The fraction of sp³-hybridized carbons (Fsp3) is 0.438. The number of hydrogen-bond donors (Lipinski definition) is 1. The average molecular weight is 352 g/mol. The highest BCUT2D eigenvalue weighted by Gasteiger charge is 2.17. The number of aryl methyl sites for hydroxylation is 2. The van der Waals surface area contributed by atoms with Crippen molar-refractivity contribution in [3.63, 3.8) is 0 Å². The zero-order valence-electron chi connectivity index (χ0n) is 13.0. The van der Waals surface area contributed by atoms with E-state index in [1.807, 2.05) is 37.8 Å². The number of nitrogens with zero attached hydrogens (tertiary/aromatic N) is 2. The standard InChI is InChI=1S/C16H22BrN3O/c1-11-16(17)14(20(3)19-11)10-13(18-2)9-12-7-5-6-8-15(12)21-4/h5-8,13,18H,9-10H2,1-4H3.